The molecule has 0 bridgehead atoms. The first kappa shape index (κ1) is 26.7. The van der Waals surface area contributed by atoms with E-state index in [2.05, 4.69) is 15.3 Å². The number of rotatable bonds is 6. The summed E-state index contributed by atoms with van der Waals surface area (Å²) in [5.41, 5.74) is 0.964. The zero-order chi connectivity index (χ0) is 23.5. The second-order valence-corrected chi connectivity index (χ2v) is 8.59. The number of carboxylic acids is 1. The fraction of sp³-hybridized carbons (Fsp3) is 0.333. The van der Waals surface area contributed by atoms with Gasteiger partial charge in [0.15, 0.2) is 10.8 Å². The van der Waals surface area contributed by atoms with Crippen molar-refractivity contribution in [3.05, 3.63) is 62.5 Å². The summed E-state index contributed by atoms with van der Waals surface area (Å²) in [6, 6.07) is 2.05. The molecule has 0 saturated carbocycles. The fourth-order valence-electron chi connectivity index (χ4n) is 3.73. The van der Waals surface area contributed by atoms with Crippen LogP contribution in [0.5, 0.6) is 0 Å². The molecule has 2 aliphatic rings. The number of benzene rings is 1. The van der Waals surface area contributed by atoms with Gasteiger partial charge in [-0.3, -0.25) is 14.7 Å². The van der Waals surface area contributed by atoms with E-state index in [1.54, 1.807) is 16.5 Å². The maximum atomic E-state index is 13.7. The summed E-state index contributed by atoms with van der Waals surface area (Å²) in [6.07, 6.45) is 1.62. The summed E-state index contributed by atoms with van der Waals surface area (Å²) in [4.78, 5) is 35.3. The maximum absolute atomic E-state index is 13.7. The van der Waals surface area contributed by atoms with Crippen LogP contribution in [-0.4, -0.2) is 72.2 Å². The third kappa shape index (κ3) is 5.68. The minimum Gasteiger partial charge on any atom is -1.00 e. The van der Waals surface area contributed by atoms with E-state index >= 15 is 0 Å². The van der Waals surface area contributed by atoms with E-state index in [9.17, 15) is 19.1 Å². The number of nitrogens with zero attached hydrogens (tertiary/aromatic N) is 3. The standard InChI is InChI=1S/C21H20ClFN4O5S.Na.H/c1-31-21(30)16-14(9-27-5-6-32-10-15(27)20(28)29)25-18(19-24-4-7-33-19)26-17(16)12-3-2-11(23)8-13(12)22;;/h2-4,7-8,15,17H,5-6,9-10H2,1H3,(H,25,26)(H,28,29);;/q;+1;-1/t15-,17-;;/m0../s1. The first-order valence-corrected chi connectivity index (χ1v) is 11.2. The molecule has 0 spiro atoms. The number of carboxylic acid groups (broad SMARTS) is 1. The Kier molecular flexibility index (Phi) is 9.21. The monoisotopic (exact) mass is 518 g/mol. The summed E-state index contributed by atoms with van der Waals surface area (Å²) < 4.78 is 24.1. The van der Waals surface area contributed by atoms with Gasteiger partial charge >= 0.3 is 41.5 Å². The Hall–Kier alpha value is -1.86. The van der Waals surface area contributed by atoms with Gasteiger partial charge in [-0.1, -0.05) is 17.7 Å². The molecule has 2 N–H and O–H groups in total. The number of nitrogens with one attached hydrogen (secondary N) is 1. The summed E-state index contributed by atoms with van der Waals surface area (Å²) in [5, 5.41) is 15.2. The van der Waals surface area contributed by atoms with Crippen molar-refractivity contribution in [2.24, 2.45) is 4.99 Å². The van der Waals surface area contributed by atoms with Gasteiger partial charge < -0.3 is 21.3 Å². The third-order valence-corrected chi connectivity index (χ3v) is 6.42. The van der Waals surface area contributed by atoms with Gasteiger partial charge in [0.25, 0.3) is 0 Å². The molecule has 1 aromatic heterocycles. The number of aliphatic carboxylic acids is 1. The van der Waals surface area contributed by atoms with Gasteiger partial charge in [-0.25, -0.2) is 14.2 Å². The van der Waals surface area contributed by atoms with Gasteiger partial charge in [-0.2, -0.15) is 0 Å². The zero-order valence-electron chi connectivity index (χ0n) is 19.5. The molecule has 2 atom stereocenters. The Morgan fingerprint density at radius 1 is 1.47 bits per heavy atom. The van der Waals surface area contributed by atoms with Crippen LogP contribution in [-0.2, 0) is 19.1 Å². The van der Waals surface area contributed by atoms with Crippen LogP contribution in [0, 0.1) is 5.82 Å². The van der Waals surface area contributed by atoms with E-state index in [0.29, 0.717) is 35.3 Å². The molecule has 9 nitrogen and oxygen atoms in total. The molecular formula is C21H21ClFN4NaO5S. The number of ether oxygens (including phenoxy) is 2. The molecule has 34 heavy (non-hydrogen) atoms. The van der Waals surface area contributed by atoms with E-state index in [0.717, 1.165) is 6.07 Å². The smallest absolute Gasteiger partial charge is 1.00 e. The van der Waals surface area contributed by atoms with Crippen molar-refractivity contribution in [3.8, 4) is 0 Å². The van der Waals surface area contributed by atoms with E-state index in [1.807, 2.05) is 0 Å². The topological polar surface area (TPSA) is 113 Å². The largest absolute Gasteiger partial charge is 1.00 e. The molecule has 1 aromatic carbocycles. The number of halogens is 2. The van der Waals surface area contributed by atoms with Crippen molar-refractivity contribution in [1.82, 2.24) is 15.2 Å². The van der Waals surface area contributed by atoms with Crippen LogP contribution < -0.4 is 34.9 Å². The van der Waals surface area contributed by atoms with Crippen molar-refractivity contribution in [3.63, 3.8) is 0 Å². The average Bonchev–Trinajstić information content (AvgIpc) is 3.33. The molecule has 0 amide bonds. The van der Waals surface area contributed by atoms with Gasteiger partial charge in [-0.15, -0.1) is 11.3 Å². The number of morpholine rings is 1. The number of aromatic nitrogens is 1. The number of carbonyl (C=O) groups is 2. The van der Waals surface area contributed by atoms with E-state index in [4.69, 9.17) is 21.1 Å². The molecule has 2 aromatic rings. The van der Waals surface area contributed by atoms with E-state index in [1.165, 1.54) is 30.6 Å². The Morgan fingerprint density at radius 3 is 2.91 bits per heavy atom. The van der Waals surface area contributed by atoms with Gasteiger partial charge in [-0.05, 0) is 12.1 Å². The van der Waals surface area contributed by atoms with Gasteiger partial charge in [0.1, 0.15) is 17.9 Å². The van der Waals surface area contributed by atoms with Crippen LogP contribution in [0.25, 0.3) is 0 Å². The third-order valence-electron chi connectivity index (χ3n) is 5.31. The van der Waals surface area contributed by atoms with Crippen molar-refractivity contribution in [2.75, 3.05) is 33.4 Å². The molecule has 176 valence electrons. The van der Waals surface area contributed by atoms with E-state index in [-0.39, 0.29) is 54.7 Å². The summed E-state index contributed by atoms with van der Waals surface area (Å²) in [6.45, 7) is 0.814. The summed E-state index contributed by atoms with van der Waals surface area (Å²) >= 11 is 7.67. The predicted molar refractivity (Wildman–Crippen MR) is 120 cm³/mol. The predicted octanol–water partition coefficient (Wildman–Crippen LogP) is -0.644. The Balaban J connectivity index is 0.00000216. The maximum Gasteiger partial charge on any atom is 1.00 e. The Morgan fingerprint density at radius 2 is 2.26 bits per heavy atom. The Bertz CT molecular complexity index is 1140. The minimum atomic E-state index is -1.03. The van der Waals surface area contributed by atoms with Crippen LogP contribution >= 0.6 is 22.9 Å². The molecule has 2 aliphatic heterocycles. The number of aliphatic imine (C=N–C) groups is 1. The quantitative estimate of drug-likeness (QED) is 0.383. The second-order valence-electron chi connectivity index (χ2n) is 7.29. The summed E-state index contributed by atoms with van der Waals surface area (Å²) in [5.74, 6) is -1.83. The molecular weight excluding hydrogens is 498 g/mol. The van der Waals surface area contributed by atoms with Crippen molar-refractivity contribution in [2.45, 2.75) is 12.1 Å². The molecule has 13 heteroatoms. The van der Waals surface area contributed by atoms with Crippen LogP contribution in [0.4, 0.5) is 4.39 Å². The molecule has 0 radical (unpaired) electrons. The second kappa shape index (κ2) is 11.7. The van der Waals surface area contributed by atoms with Crippen LogP contribution in [0.2, 0.25) is 5.02 Å². The van der Waals surface area contributed by atoms with Crippen LogP contribution in [0.3, 0.4) is 0 Å². The molecule has 4 rings (SSSR count). The minimum absolute atomic E-state index is 0. The van der Waals surface area contributed by atoms with Crippen LogP contribution in [0.15, 0.2) is 46.0 Å². The molecule has 0 unspecified atom stereocenters. The van der Waals surface area contributed by atoms with Gasteiger partial charge in [0.05, 0.1) is 25.9 Å². The normalized spacial score (nSPS) is 20.7. The number of esters is 1. The van der Waals surface area contributed by atoms with E-state index < -0.39 is 29.8 Å². The number of hydrogen-bond acceptors (Lipinski definition) is 9. The van der Waals surface area contributed by atoms with Crippen molar-refractivity contribution < 1.29 is 59.5 Å². The first-order valence-electron chi connectivity index (χ1n) is 9.94. The number of thiazole rings is 1. The first-order chi connectivity index (χ1) is 15.9. The number of methoxy groups -OCH3 is 1. The zero-order valence-corrected chi connectivity index (χ0v) is 22.0. The summed E-state index contributed by atoms with van der Waals surface area (Å²) in [7, 11) is 1.24. The van der Waals surface area contributed by atoms with Crippen molar-refractivity contribution >= 4 is 40.7 Å². The molecule has 1 fully saturated rings. The fourth-order valence-corrected chi connectivity index (χ4v) is 4.58. The SMILES string of the molecule is COC(=O)C1=C(CN2CCOC[C@H]2C(=O)O)NC(c2nccs2)=N[C@H]1c1ccc(F)cc1Cl.[H-].[Na+]. The van der Waals surface area contributed by atoms with Gasteiger partial charge in [0.2, 0.25) is 0 Å². The average molecular weight is 519 g/mol. The van der Waals surface area contributed by atoms with Crippen LogP contribution in [0.1, 0.15) is 18.0 Å². The number of hydrogen-bond donors (Lipinski definition) is 2. The molecule has 0 aliphatic carbocycles. The van der Waals surface area contributed by atoms with Crippen molar-refractivity contribution in [1.29, 1.82) is 0 Å². The number of amidine groups is 1. The molecule has 3 heterocycles. The molecule has 1 saturated heterocycles. The Labute approximate surface area is 227 Å². The van der Waals surface area contributed by atoms with Gasteiger partial charge in [0, 0.05) is 40.9 Å². The number of carbonyl (C=O) groups excluding carboxylic acids is 1.